The smallest absolute Gasteiger partial charge is 0.267 e. The second-order valence-corrected chi connectivity index (χ2v) is 8.40. The summed E-state index contributed by atoms with van der Waals surface area (Å²) < 4.78 is 0. The van der Waals surface area contributed by atoms with Gasteiger partial charge in [0.05, 0.1) is 12.8 Å². The van der Waals surface area contributed by atoms with Crippen LogP contribution in [0.3, 0.4) is 0 Å². The number of anilines is 3. The Morgan fingerprint density at radius 3 is 2.75 bits per heavy atom. The third kappa shape index (κ3) is 6.59. The Balaban J connectivity index is 1.65. The number of rotatable bonds is 9. The summed E-state index contributed by atoms with van der Waals surface area (Å²) in [6.45, 7) is 10.1. The van der Waals surface area contributed by atoms with Crippen LogP contribution in [0.4, 0.5) is 16.8 Å². The van der Waals surface area contributed by atoms with Gasteiger partial charge in [0.2, 0.25) is 0 Å². The molecule has 0 bridgehead atoms. The number of aryl methyl sites for hydroxylation is 1. The molecule has 0 atom stereocenters. The van der Waals surface area contributed by atoms with Crippen molar-refractivity contribution < 1.29 is 9.90 Å². The first kappa shape index (κ1) is 23.8. The standard InChI is InChI=1S/C22H31N7O2S/c1-4-6-7-17(5-2)26-21(31)18-15-23-22(32-18)27-19-14-20(25-16(3)24-19)29-10-8-28(9-11-29)12-13-30/h5-7,14-15,30H,4,8-13H2,1-3H3,(H,26,31)(H,23,24,25,27)/b7-6-,17-5+. The highest BCUT2D eigenvalue weighted by molar-refractivity contribution is 7.17. The fourth-order valence-electron chi connectivity index (χ4n) is 3.31. The SMILES string of the molecule is C/C=C(\C=C/CC)NC(=O)c1cnc(Nc2cc(N3CCN(CCO)CC3)nc(C)n2)s1. The van der Waals surface area contributed by atoms with Crippen LogP contribution < -0.4 is 15.5 Å². The Morgan fingerprint density at radius 1 is 1.28 bits per heavy atom. The fourth-order valence-corrected chi connectivity index (χ4v) is 4.03. The number of carbonyl (C=O) groups excluding carboxylic acids is 1. The monoisotopic (exact) mass is 457 g/mol. The third-order valence-electron chi connectivity index (χ3n) is 5.00. The Labute approximate surface area is 192 Å². The molecule has 2 aromatic heterocycles. The normalized spacial score (nSPS) is 15.4. The number of amides is 1. The van der Waals surface area contributed by atoms with Crippen molar-refractivity contribution >= 4 is 34.0 Å². The lowest BCUT2D eigenvalue weighted by atomic mass is 10.3. The van der Waals surface area contributed by atoms with E-state index in [2.05, 4.69) is 35.4 Å². The van der Waals surface area contributed by atoms with Gasteiger partial charge in [-0.25, -0.2) is 15.0 Å². The number of aliphatic hydroxyl groups is 1. The lowest BCUT2D eigenvalue weighted by Crippen LogP contribution is -2.47. The minimum atomic E-state index is -0.190. The molecule has 1 amide bonds. The molecular formula is C22H31N7O2S. The molecule has 1 saturated heterocycles. The number of piperazine rings is 1. The average Bonchev–Trinajstić information content (AvgIpc) is 3.25. The Bertz CT molecular complexity index is 965. The highest BCUT2D eigenvalue weighted by Gasteiger charge is 2.19. The van der Waals surface area contributed by atoms with E-state index in [1.54, 1.807) is 6.20 Å². The van der Waals surface area contributed by atoms with Gasteiger partial charge in [0.15, 0.2) is 5.13 Å². The topological polar surface area (TPSA) is 107 Å². The van der Waals surface area contributed by atoms with Gasteiger partial charge in [-0.3, -0.25) is 9.69 Å². The first-order chi connectivity index (χ1) is 15.5. The van der Waals surface area contributed by atoms with Crippen LogP contribution in [-0.4, -0.2) is 70.2 Å². The highest BCUT2D eigenvalue weighted by atomic mass is 32.1. The van der Waals surface area contributed by atoms with E-state index in [0.717, 1.165) is 44.1 Å². The van der Waals surface area contributed by atoms with Crippen molar-refractivity contribution in [3.05, 3.63) is 46.9 Å². The molecule has 3 heterocycles. The van der Waals surface area contributed by atoms with Crippen molar-refractivity contribution in [3.8, 4) is 0 Å². The van der Waals surface area contributed by atoms with E-state index in [4.69, 9.17) is 5.11 Å². The highest BCUT2D eigenvalue weighted by Crippen LogP contribution is 2.24. The minimum Gasteiger partial charge on any atom is -0.395 e. The fraction of sp³-hybridized carbons (Fsp3) is 0.455. The summed E-state index contributed by atoms with van der Waals surface area (Å²) >= 11 is 1.28. The molecule has 0 radical (unpaired) electrons. The molecule has 3 N–H and O–H groups in total. The van der Waals surface area contributed by atoms with Gasteiger partial charge < -0.3 is 20.6 Å². The molecule has 10 heteroatoms. The van der Waals surface area contributed by atoms with Gasteiger partial charge in [-0.2, -0.15) is 0 Å². The first-order valence-electron chi connectivity index (χ1n) is 10.8. The van der Waals surface area contributed by atoms with Gasteiger partial charge in [0, 0.05) is 44.5 Å². The number of aliphatic hydroxyl groups excluding tert-OH is 1. The summed E-state index contributed by atoms with van der Waals surface area (Å²) in [4.78, 5) is 30.9. The zero-order valence-electron chi connectivity index (χ0n) is 18.8. The lowest BCUT2D eigenvalue weighted by Gasteiger charge is -2.35. The number of allylic oxidation sites excluding steroid dienone is 3. The number of nitrogens with zero attached hydrogens (tertiary/aromatic N) is 5. The predicted molar refractivity (Wildman–Crippen MR) is 129 cm³/mol. The van der Waals surface area contributed by atoms with Crippen molar-refractivity contribution in [1.29, 1.82) is 0 Å². The number of hydrogen-bond acceptors (Lipinski definition) is 9. The Morgan fingerprint density at radius 2 is 2.06 bits per heavy atom. The van der Waals surface area contributed by atoms with Gasteiger partial charge in [-0.1, -0.05) is 30.4 Å². The molecule has 0 aromatic carbocycles. The van der Waals surface area contributed by atoms with Gasteiger partial charge in [0.25, 0.3) is 5.91 Å². The second-order valence-electron chi connectivity index (χ2n) is 7.37. The van der Waals surface area contributed by atoms with E-state index in [-0.39, 0.29) is 12.5 Å². The molecule has 0 aliphatic carbocycles. The molecule has 2 aromatic rings. The molecule has 3 rings (SSSR count). The van der Waals surface area contributed by atoms with E-state index in [1.165, 1.54) is 11.3 Å². The maximum Gasteiger partial charge on any atom is 0.267 e. The summed E-state index contributed by atoms with van der Waals surface area (Å²) in [6, 6.07) is 1.91. The molecule has 0 unspecified atom stereocenters. The third-order valence-corrected chi connectivity index (χ3v) is 5.91. The van der Waals surface area contributed by atoms with Crippen LogP contribution in [0.5, 0.6) is 0 Å². The number of carbonyl (C=O) groups is 1. The number of hydrogen-bond donors (Lipinski definition) is 3. The molecule has 1 aliphatic rings. The Hall–Kier alpha value is -2.82. The average molecular weight is 458 g/mol. The van der Waals surface area contributed by atoms with Crippen LogP contribution in [0.1, 0.15) is 35.8 Å². The molecule has 9 nitrogen and oxygen atoms in total. The van der Waals surface area contributed by atoms with Crippen LogP contribution >= 0.6 is 11.3 Å². The van der Waals surface area contributed by atoms with Crippen molar-refractivity contribution in [1.82, 2.24) is 25.2 Å². The molecular weight excluding hydrogens is 426 g/mol. The molecule has 1 fully saturated rings. The van der Waals surface area contributed by atoms with Crippen LogP contribution in [0.2, 0.25) is 0 Å². The maximum absolute atomic E-state index is 12.5. The van der Waals surface area contributed by atoms with Crippen LogP contribution in [-0.2, 0) is 0 Å². The first-order valence-corrected chi connectivity index (χ1v) is 11.6. The number of β-amino-alcohol motifs (C(OH)–C–C–N with tert-alkyl or cyclic N) is 1. The molecule has 1 aliphatic heterocycles. The molecule has 0 spiro atoms. The van der Waals surface area contributed by atoms with E-state index >= 15 is 0 Å². The largest absolute Gasteiger partial charge is 0.395 e. The number of thiazole rings is 1. The van der Waals surface area contributed by atoms with Gasteiger partial charge in [-0.15, -0.1) is 0 Å². The van der Waals surface area contributed by atoms with Crippen LogP contribution in [0, 0.1) is 6.92 Å². The summed E-state index contributed by atoms with van der Waals surface area (Å²) in [6.07, 6.45) is 8.22. The quantitative estimate of drug-likeness (QED) is 0.494. The summed E-state index contributed by atoms with van der Waals surface area (Å²) in [5.74, 6) is 1.98. The predicted octanol–water partition coefficient (Wildman–Crippen LogP) is 2.70. The van der Waals surface area contributed by atoms with Gasteiger partial charge in [0.1, 0.15) is 22.3 Å². The van der Waals surface area contributed by atoms with E-state index in [1.807, 2.05) is 45.1 Å². The number of nitrogens with one attached hydrogen (secondary N) is 2. The van der Waals surface area contributed by atoms with Crippen molar-refractivity contribution in [3.63, 3.8) is 0 Å². The van der Waals surface area contributed by atoms with Gasteiger partial charge >= 0.3 is 0 Å². The van der Waals surface area contributed by atoms with E-state index in [0.29, 0.717) is 28.2 Å². The molecule has 0 saturated carbocycles. The molecule has 32 heavy (non-hydrogen) atoms. The van der Waals surface area contributed by atoms with Crippen LogP contribution in [0.15, 0.2) is 36.2 Å². The van der Waals surface area contributed by atoms with Gasteiger partial charge in [-0.05, 0) is 26.3 Å². The van der Waals surface area contributed by atoms with E-state index in [9.17, 15) is 4.79 Å². The minimum absolute atomic E-state index is 0.181. The van der Waals surface area contributed by atoms with Crippen LogP contribution in [0.25, 0.3) is 0 Å². The maximum atomic E-state index is 12.5. The second kappa shape index (κ2) is 11.7. The van der Waals surface area contributed by atoms with E-state index < -0.39 is 0 Å². The summed E-state index contributed by atoms with van der Waals surface area (Å²) in [5, 5.41) is 15.8. The van der Waals surface area contributed by atoms with Crippen molar-refractivity contribution in [2.45, 2.75) is 27.2 Å². The van der Waals surface area contributed by atoms with Crippen molar-refractivity contribution in [2.24, 2.45) is 0 Å². The number of aromatic nitrogens is 3. The van der Waals surface area contributed by atoms with Crippen molar-refractivity contribution in [2.75, 3.05) is 49.5 Å². The molecule has 172 valence electrons. The lowest BCUT2D eigenvalue weighted by molar-refractivity contribution is 0.0971. The zero-order chi connectivity index (χ0) is 22.9. The summed E-state index contributed by atoms with van der Waals surface area (Å²) in [7, 11) is 0. The Kier molecular flexibility index (Phi) is 8.72. The summed E-state index contributed by atoms with van der Waals surface area (Å²) in [5.41, 5.74) is 0.759. The zero-order valence-corrected chi connectivity index (χ0v) is 19.7.